The van der Waals surface area contributed by atoms with Gasteiger partial charge in [-0.1, -0.05) is 25.1 Å². The third-order valence-electron chi connectivity index (χ3n) is 4.75. The van der Waals surface area contributed by atoms with E-state index in [1.807, 2.05) is 40.0 Å². The average Bonchev–Trinajstić information content (AvgIpc) is 3.10. The highest BCUT2D eigenvalue weighted by molar-refractivity contribution is 5.92. The van der Waals surface area contributed by atoms with Gasteiger partial charge in [0.15, 0.2) is 0 Å². The Labute approximate surface area is 149 Å². The number of methoxy groups -OCH3 is 1. The lowest BCUT2D eigenvalue weighted by Crippen LogP contribution is -2.49. The Kier molecular flexibility index (Phi) is 5.38. The third kappa shape index (κ3) is 3.69. The van der Waals surface area contributed by atoms with Crippen LogP contribution < -0.4 is 4.74 Å². The maximum atomic E-state index is 12.9. The van der Waals surface area contributed by atoms with Gasteiger partial charge in [0.2, 0.25) is 0 Å². The SMILES string of the molecule is CCCn1ccc(C(=O)N2CCN(C)[C@@H](c3ccccc3OC)C2)n1. The fourth-order valence-corrected chi connectivity index (χ4v) is 3.33. The van der Waals surface area contributed by atoms with Crippen molar-refractivity contribution in [2.24, 2.45) is 0 Å². The van der Waals surface area contributed by atoms with Crippen molar-refractivity contribution >= 4 is 5.91 Å². The van der Waals surface area contributed by atoms with E-state index in [1.165, 1.54) is 0 Å². The van der Waals surface area contributed by atoms with Gasteiger partial charge in [-0.3, -0.25) is 14.4 Å². The molecule has 1 fully saturated rings. The Morgan fingerprint density at radius 1 is 1.28 bits per heavy atom. The number of hydrogen-bond donors (Lipinski definition) is 0. The minimum absolute atomic E-state index is 0.00264. The van der Waals surface area contributed by atoms with Crippen molar-refractivity contribution in [3.05, 3.63) is 47.8 Å². The van der Waals surface area contributed by atoms with Crippen molar-refractivity contribution in [3.8, 4) is 5.75 Å². The number of amides is 1. The van der Waals surface area contributed by atoms with Crippen LogP contribution in [0.2, 0.25) is 0 Å². The molecule has 1 aromatic heterocycles. The lowest BCUT2D eigenvalue weighted by Gasteiger charge is -2.39. The summed E-state index contributed by atoms with van der Waals surface area (Å²) in [5.41, 5.74) is 1.64. The van der Waals surface area contributed by atoms with E-state index in [2.05, 4.69) is 30.0 Å². The summed E-state index contributed by atoms with van der Waals surface area (Å²) >= 11 is 0. The number of hydrogen-bond acceptors (Lipinski definition) is 4. The highest BCUT2D eigenvalue weighted by Gasteiger charge is 2.31. The first-order chi connectivity index (χ1) is 12.1. The summed E-state index contributed by atoms with van der Waals surface area (Å²) in [5.74, 6) is 0.865. The summed E-state index contributed by atoms with van der Waals surface area (Å²) in [7, 11) is 3.78. The number of likely N-dealkylation sites (N-methyl/N-ethyl adjacent to an activating group) is 1. The average molecular weight is 342 g/mol. The molecule has 2 heterocycles. The molecule has 1 aliphatic rings. The summed E-state index contributed by atoms with van der Waals surface area (Å²) in [6.45, 7) is 5.10. The number of piperazine rings is 1. The normalized spacial score (nSPS) is 18.4. The Morgan fingerprint density at radius 3 is 2.84 bits per heavy atom. The highest BCUT2D eigenvalue weighted by Crippen LogP contribution is 2.31. The lowest BCUT2D eigenvalue weighted by atomic mass is 10.0. The van der Waals surface area contributed by atoms with Crippen LogP contribution in [0.3, 0.4) is 0 Å². The van der Waals surface area contributed by atoms with Gasteiger partial charge in [-0.15, -0.1) is 0 Å². The summed E-state index contributed by atoms with van der Waals surface area (Å²) in [6, 6.07) is 9.95. The second kappa shape index (κ2) is 7.70. The van der Waals surface area contributed by atoms with Crippen LogP contribution >= 0.6 is 0 Å². The summed E-state index contributed by atoms with van der Waals surface area (Å²) < 4.78 is 7.35. The van der Waals surface area contributed by atoms with E-state index >= 15 is 0 Å². The molecule has 0 unspecified atom stereocenters. The van der Waals surface area contributed by atoms with Gasteiger partial charge >= 0.3 is 0 Å². The number of aryl methyl sites for hydroxylation is 1. The molecule has 3 rings (SSSR count). The van der Waals surface area contributed by atoms with Crippen LogP contribution in [0.1, 0.15) is 35.4 Å². The number of ether oxygens (including phenoxy) is 1. The predicted molar refractivity (Wildman–Crippen MR) is 96.8 cm³/mol. The van der Waals surface area contributed by atoms with E-state index in [-0.39, 0.29) is 11.9 Å². The summed E-state index contributed by atoms with van der Waals surface area (Å²) in [4.78, 5) is 17.0. The number of benzene rings is 1. The molecule has 6 nitrogen and oxygen atoms in total. The molecule has 134 valence electrons. The van der Waals surface area contributed by atoms with Crippen LogP contribution in [0.5, 0.6) is 5.75 Å². The molecular weight excluding hydrogens is 316 g/mol. The molecule has 0 aliphatic carbocycles. The topological polar surface area (TPSA) is 50.6 Å². The minimum atomic E-state index is 0.00264. The van der Waals surface area contributed by atoms with Gasteiger partial charge in [0.1, 0.15) is 11.4 Å². The van der Waals surface area contributed by atoms with E-state index in [4.69, 9.17) is 4.74 Å². The van der Waals surface area contributed by atoms with Gasteiger partial charge in [-0.05, 0) is 25.6 Å². The summed E-state index contributed by atoms with van der Waals surface area (Å²) in [6.07, 6.45) is 2.88. The van der Waals surface area contributed by atoms with E-state index < -0.39 is 0 Å². The monoisotopic (exact) mass is 342 g/mol. The molecule has 1 aliphatic heterocycles. The lowest BCUT2D eigenvalue weighted by molar-refractivity contribution is 0.0536. The van der Waals surface area contributed by atoms with Crippen LogP contribution in [0.25, 0.3) is 0 Å². The number of nitrogens with zero attached hydrogens (tertiary/aromatic N) is 4. The fraction of sp³-hybridized carbons (Fsp3) is 0.474. The van der Waals surface area contributed by atoms with Crippen LogP contribution in [0.4, 0.5) is 0 Å². The maximum absolute atomic E-state index is 12.9. The zero-order valence-corrected chi connectivity index (χ0v) is 15.2. The molecule has 1 saturated heterocycles. The molecule has 0 spiro atoms. The van der Waals surface area contributed by atoms with Gasteiger partial charge in [0.05, 0.1) is 13.2 Å². The molecule has 1 aromatic carbocycles. The van der Waals surface area contributed by atoms with E-state index in [1.54, 1.807) is 7.11 Å². The van der Waals surface area contributed by atoms with Gasteiger partial charge < -0.3 is 9.64 Å². The molecule has 0 radical (unpaired) electrons. The molecule has 0 saturated carbocycles. The highest BCUT2D eigenvalue weighted by atomic mass is 16.5. The second-order valence-corrected chi connectivity index (χ2v) is 6.45. The molecule has 1 atom stereocenters. The van der Waals surface area contributed by atoms with Gasteiger partial charge in [-0.25, -0.2) is 0 Å². The molecule has 25 heavy (non-hydrogen) atoms. The van der Waals surface area contributed by atoms with Gasteiger partial charge in [0.25, 0.3) is 5.91 Å². The van der Waals surface area contributed by atoms with Crippen LogP contribution in [-0.2, 0) is 6.54 Å². The van der Waals surface area contributed by atoms with Crippen molar-refractivity contribution < 1.29 is 9.53 Å². The molecular formula is C19H26N4O2. The first kappa shape index (κ1) is 17.5. The first-order valence-electron chi connectivity index (χ1n) is 8.80. The summed E-state index contributed by atoms with van der Waals surface area (Å²) in [5, 5.41) is 4.41. The van der Waals surface area contributed by atoms with Crippen LogP contribution in [-0.4, -0.2) is 59.3 Å². The van der Waals surface area contributed by atoms with Crippen molar-refractivity contribution in [1.29, 1.82) is 0 Å². The number of carbonyl (C=O) groups is 1. The van der Waals surface area contributed by atoms with Crippen molar-refractivity contribution in [3.63, 3.8) is 0 Å². The largest absolute Gasteiger partial charge is 0.496 e. The quantitative estimate of drug-likeness (QED) is 0.837. The number of carbonyl (C=O) groups excluding carboxylic acids is 1. The molecule has 1 amide bonds. The van der Waals surface area contributed by atoms with Gasteiger partial charge in [0, 0.05) is 37.9 Å². The Bertz CT molecular complexity index is 728. The fourth-order valence-electron chi connectivity index (χ4n) is 3.33. The second-order valence-electron chi connectivity index (χ2n) is 6.45. The van der Waals surface area contributed by atoms with Crippen LogP contribution in [0, 0.1) is 0 Å². The number of aromatic nitrogens is 2. The van der Waals surface area contributed by atoms with Crippen molar-refractivity contribution in [1.82, 2.24) is 19.6 Å². The Hall–Kier alpha value is -2.34. The van der Waals surface area contributed by atoms with Gasteiger partial charge in [-0.2, -0.15) is 5.10 Å². The maximum Gasteiger partial charge on any atom is 0.274 e. The molecule has 0 bridgehead atoms. The zero-order valence-electron chi connectivity index (χ0n) is 15.2. The zero-order chi connectivity index (χ0) is 17.8. The third-order valence-corrected chi connectivity index (χ3v) is 4.75. The number of para-hydroxylation sites is 1. The molecule has 2 aromatic rings. The van der Waals surface area contributed by atoms with Crippen molar-refractivity contribution in [2.45, 2.75) is 25.9 Å². The minimum Gasteiger partial charge on any atom is -0.496 e. The smallest absolute Gasteiger partial charge is 0.274 e. The van der Waals surface area contributed by atoms with E-state index in [0.717, 1.165) is 30.8 Å². The Morgan fingerprint density at radius 2 is 2.08 bits per heavy atom. The van der Waals surface area contributed by atoms with E-state index in [0.29, 0.717) is 18.8 Å². The standard InChI is InChI=1S/C19H26N4O2/c1-4-10-23-11-9-16(20-23)19(24)22-13-12-21(2)17(14-22)15-7-5-6-8-18(15)25-3/h5-9,11,17H,4,10,12-14H2,1-3H3/t17-/m1/s1. The van der Waals surface area contributed by atoms with E-state index in [9.17, 15) is 4.79 Å². The predicted octanol–water partition coefficient (Wildman–Crippen LogP) is 2.43. The van der Waals surface area contributed by atoms with Crippen LogP contribution in [0.15, 0.2) is 36.5 Å². The Balaban J connectivity index is 1.78. The number of rotatable bonds is 5. The van der Waals surface area contributed by atoms with Crippen molar-refractivity contribution in [2.75, 3.05) is 33.8 Å². The molecule has 0 N–H and O–H groups in total. The molecule has 6 heteroatoms. The first-order valence-corrected chi connectivity index (χ1v) is 8.80.